The van der Waals surface area contributed by atoms with Crippen LogP contribution in [-0.2, 0) is 16.1 Å². The lowest BCUT2D eigenvalue weighted by atomic mass is 9.53. The Hall–Kier alpha value is -2.81. The molecule has 0 radical (unpaired) electrons. The molecule has 3 aliphatic carbocycles. The van der Waals surface area contributed by atoms with Crippen LogP contribution in [0, 0.1) is 35.0 Å². The minimum absolute atomic E-state index is 0.0200. The number of hydrogen-bond acceptors (Lipinski definition) is 8. The Balaban J connectivity index is 1.42. The van der Waals surface area contributed by atoms with Crippen LogP contribution < -0.4 is 10.1 Å². The van der Waals surface area contributed by atoms with E-state index < -0.39 is 6.04 Å². The first-order chi connectivity index (χ1) is 18.3. The van der Waals surface area contributed by atoms with E-state index in [4.69, 9.17) is 9.57 Å². The summed E-state index contributed by atoms with van der Waals surface area (Å²) in [7, 11) is 3.29. The van der Waals surface area contributed by atoms with Crippen molar-refractivity contribution in [3.63, 3.8) is 0 Å². The van der Waals surface area contributed by atoms with Gasteiger partial charge in [0.05, 0.1) is 12.8 Å². The number of fused-ring (bicyclic) bond motifs is 5. The minimum Gasteiger partial charge on any atom is -0.496 e. The van der Waals surface area contributed by atoms with E-state index in [0.29, 0.717) is 35.2 Å². The number of nitrogens with one attached hydrogen (secondary N) is 1. The van der Waals surface area contributed by atoms with Gasteiger partial charge in [0.1, 0.15) is 18.9 Å². The molecule has 6 atom stereocenters. The van der Waals surface area contributed by atoms with Crippen LogP contribution in [0.15, 0.2) is 28.7 Å². The van der Waals surface area contributed by atoms with Crippen molar-refractivity contribution in [2.24, 2.45) is 33.5 Å². The third-order valence-corrected chi connectivity index (χ3v) is 10.2. The molecule has 1 aromatic heterocycles. The zero-order valence-corrected chi connectivity index (χ0v) is 23.8. The number of carbonyl (C=O) groups excluding carboxylic acids is 1. The molecule has 2 saturated carbocycles. The van der Waals surface area contributed by atoms with Crippen molar-refractivity contribution in [1.82, 2.24) is 4.98 Å². The van der Waals surface area contributed by atoms with Gasteiger partial charge in [-0.05, 0) is 99.3 Å². The summed E-state index contributed by atoms with van der Waals surface area (Å²) in [4.78, 5) is 34.9. The maximum absolute atomic E-state index is 12.8. The molecule has 0 aliphatic heterocycles. The lowest BCUT2D eigenvalue weighted by molar-refractivity contribution is -0.116. The van der Waals surface area contributed by atoms with Gasteiger partial charge in [0, 0.05) is 28.5 Å². The van der Waals surface area contributed by atoms with Gasteiger partial charge in [-0.25, -0.2) is 4.98 Å². The quantitative estimate of drug-likeness (QED) is 0.294. The molecule has 1 aromatic carbocycles. The molecule has 1 heterocycles. The molecule has 0 spiro atoms. The maximum Gasteiger partial charge on any atom is 0.226 e. The van der Waals surface area contributed by atoms with Crippen LogP contribution in [0.2, 0.25) is 0 Å². The number of nitrogens with zero attached hydrogens (tertiary/aromatic N) is 3. The number of amides is 1. The molecule has 2 fully saturated rings. The van der Waals surface area contributed by atoms with E-state index in [2.05, 4.69) is 39.7 Å². The first-order valence-corrected chi connectivity index (χ1v) is 14.5. The SMILES string of the molecule is CON=C1CC(CCC(=O)Nc2ncc(C)s2)C2C3CCc4cc(OC)c(C(C)N=O)cc4C3CCC12C. The maximum atomic E-state index is 12.8. The molecule has 2 aromatic rings. The summed E-state index contributed by atoms with van der Waals surface area (Å²) < 4.78 is 5.64. The van der Waals surface area contributed by atoms with Gasteiger partial charge in [-0.1, -0.05) is 17.3 Å². The van der Waals surface area contributed by atoms with Crippen molar-refractivity contribution in [2.45, 2.75) is 77.7 Å². The fraction of sp³-hybridized carbons (Fsp3) is 0.621. The monoisotopic (exact) mass is 538 g/mol. The summed E-state index contributed by atoms with van der Waals surface area (Å²) in [6, 6.07) is 3.87. The number of ether oxygens (including phenoxy) is 1. The largest absolute Gasteiger partial charge is 0.496 e. The lowest BCUT2D eigenvalue weighted by Gasteiger charge is -2.50. The third kappa shape index (κ3) is 4.74. The topological polar surface area (TPSA) is 102 Å². The Kier molecular flexibility index (Phi) is 7.58. The summed E-state index contributed by atoms with van der Waals surface area (Å²) in [6.07, 6.45) is 8.12. The van der Waals surface area contributed by atoms with Crippen LogP contribution in [0.4, 0.5) is 5.13 Å². The van der Waals surface area contributed by atoms with Gasteiger partial charge in [0.15, 0.2) is 5.13 Å². The Morgan fingerprint density at radius 2 is 2.13 bits per heavy atom. The van der Waals surface area contributed by atoms with Crippen molar-refractivity contribution in [1.29, 1.82) is 0 Å². The van der Waals surface area contributed by atoms with E-state index >= 15 is 0 Å². The van der Waals surface area contributed by atoms with Gasteiger partial charge in [0.25, 0.3) is 0 Å². The number of thiazole rings is 1. The van der Waals surface area contributed by atoms with Crippen molar-refractivity contribution in [3.8, 4) is 5.75 Å². The summed E-state index contributed by atoms with van der Waals surface area (Å²) >= 11 is 1.50. The second-order valence-corrected chi connectivity index (χ2v) is 12.6. The average Bonchev–Trinajstić information content (AvgIpc) is 3.45. The van der Waals surface area contributed by atoms with Gasteiger partial charge in [0.2, 0.25) is 5.91 Å². The number of oxime groups is 1. The van der Waals surface area contributed by atoms with E-state index in [1.54, 1.807) is 20.4 Å². The highest BCUT2D eigenvalue weighted by molar-refractivity contribution is 7.15. The van der Waals surface area contributed by atoms with E-state index in [0.717, 1.165) is 60.4 Å². The first kappa shape index (κ1) is 26.8. The molecule has 6 unspecified atom stereocenters. The van der Waals surface area contributed by atoms with Crippen molar-refractivity contribution in [3.05, 3.63) is 44.8 Å². The van der Waals surface area contributed by atoms with Crippen LogP contribution in [0.3, 0.4) is 0 Å². The predicted molar refractivity (Wildman–Crippen MR) is 150 cm³/mol. The number of anilines is 1. The van der Waals surface area contributed by atoms with Gasteiger partial charge < -0.3 is 14.9 Å². The molecule has 3 aliphatic rings. The number of carbonyl (C=O) groups is 1. The van der Waals surface area contributed by atoms with E-state index in [9.17, 15) is 9.70 Å². The number of rotatable bonds is 8. The number of aryl methyl sites for hydroxylation is 2. The predicted octanol–water partition coefficient (Wildman–Crippen LogP) is 6.79. The van der Waals surface area contributed by atoms with Gasteiger partial charge in [-0.3, -0.25) is 4.79 Å². The van der Waals surface area contributed by atoms with Crippen molar-refractivity contribution >= 4 is 28.1 Å². The summed E-state index contributed by atoms with van der Waals surface area (Å²) in [5.41, 5.74) is 4.66. The molecule has 1 amide bonds. The summed E-state index contributed by atoms with van der Waals surface area (Å²) in [6.45, 7) is 6.17. The average molecular weight is 539 g/mol. The molecular formula is C29H38N4O4S. The second-order valence-electron chi connectivity index (χ2n) is 11.4. The number of hydrogen-bond donors (Lipinski definition) is 1. The van der Waals surface area contributed by atoms with Crippen LogP contribution in [0.25, 0.3) is 0 Å². The van der Waals surface area contributed by atoms with Gasteiger partial charge in [-0.15, -0.1) is 11.3 Å². The van der Waals surface area contributed by atoms with Crippen LogP contribution in [0.5, 0.6) is 5.75 Å². The lowest BCUT2D eigenvalue weighted by Crippen LogP contribution is -2.44. The molecule has 5 rings (SSSR count). The van der Waals surface area contributed by atoms with E-state index in [1.807, 2.05) is 13.8 Å². The fourth-order valence-corrected chi connectivity index (χ4v) is 8.37. The van der Waals surface area contributed by atoms with Crippen molar-refractivity contribution in [2.75, 3.05) is 19.5 Å². The highest BCUT2D eigenvalue weighted by atomic mass is 32.1. The molecule has 38 heavy (non-hydrogen) atoms. The number of methoxy groups -OCH3 is 1. The van der Waals surface area contributed by atoms with E-state index in [1.165, 1.54) is 22.5 Å². The number of aromatic nitrogens is 1. The zero-order chi connectivity index (χ0) is 27.0. The normalized spacial score (nSPS) is 29.7. The van der Waals surface area contributed by atoms with Gasteiger partial charge in [-0.2, -0.15) is 4.91 Å². The standard InChI is InChI=1S/C29H38N4O4S/c1-16-15-30-28(38-16)31-26(34)9-7-19-13-25(33-37-5)29(3)11-10-20-21(27(19)29)8-6-18-12-24(36-4)22(14-23(18)20)17(2)32-35/h12,14-15,17,19-21,27H,6-11,13H2,1-5H3,(H,30,31,34). The molecular weight excluding hydrogens is 500 g/mol. The summed E-state index contributed by atoms with van der Waals surface area (Å²) in [5, 5.41) is 11.5. The Labute approximate surface area is 228 Å². The molecule has 9 heteroatoms. The van der Waals surface area contributed by atoms with Crippen molar-refractivity contribution < 1.29 is 14.4 Å². The number of nitroso groups, excluding NO2 is 1. The Bertz CT molecular complexity index is 1240. The summed E-state index contributed by atoms with van der Waals surface area (Å²) in [5.74, 6) is 2.46. The Morgan fingerprint density at radius 1 is 1.32 bits per heavy atom. The Morgan fingerprint density at radius 3 is 2.82 bits per heavy atom. The van der Waals surface area contributed by atoms with E-state index in [-0.39, 0.29) is 11.3 Å². The molecule has 0 saturated heterocycles. The minimum atomic E-state index is -0.454. The van der Waals surface area contributed by atoms with Crippen LogP contribution in [0.1, 0.15) is 85.9 Å². The third-order valence-electron chi connectivity index (χ3n) is 9.37. The first-order valence-electron chi connectivity index (χ1n) is 13.6. The molecule has 1 N–H and O–H groups in total. The van der Waals surface area contributed by atoms with Crippen LogP contribution in [-0.4, -0.2) is 30.8 Å². The molecule has 204 valence electrons. The highest BCUT2D eigenvalue weighted by Gasteiger charge is 2.57. The molecule has 0 bridgehead atoms. The highest BCUT2D eigenvalue weighted by Crippen LogP contribution is 2.62. The number of benzene rings is 1. The smallest absolute Gasteiger partial charge is 0.226 e. The van der Waals surface area contributed by atoms with Gasteiger partial charge >= 0.3 is 0 Å². The van der Waals surface area contributed by atoms with Crippen LogP contribution >= 0.6 is 11.3 Å². The zero-order valence-electron chi connectivity index (χ0n) is 23.0. The fourth-order valence-electron chi connectivity index (χ4n) is 7.68. The second kappa shape index (κ2) is 10.8. The molecule has 8 nitrogen and oxygen atoms in total.